The molecule has 0 aromatic heterocycles. The van der Waals surface area contributed by atoms with E-state index in [1.54, 1.807) is 6.08 Å². The second kappa shape index (κ2) is 6.80. The fraction of sp³-hybridized carbons (Fsp3) is 0.684. The molecule has 0 radical (unpaired) electrons. The molecular formula is C19H29NO2. The zero-order chi connectivity index (χ0) is 16.3. The lowest BCUT2D eigenvalue weighted by atomic mass is 9.74. The van der Waals surface area contributed by atoms with Crippen molar-refractivity contribution in [2.24, 2.45) is 11.3 Å². The first-order chi connectivity index (χ1) is 10.3. The Kier molecular flexibility index (Phi) is 5.25. The molecule has 3 nitrogen and oxygen atoms in total. The van der Waals surface area contributed by atoms with Crippen LogP contribution in [0.5, 0.6) is 0 Å². The van der Waals surface area contributed by atoms with Crippen LogP contribution in [0.4, 0.5) is 0 Å². The van der Waals surface area contributed by atoms with Crippen molar-refractivity contribution in [2.75, 3.05) is 13.6 Å². The van der Waals surface area contributed by atoms with Gasteiger partial charge in [0.15, 0.2) is 11.6 Å². The zero-order valence-electron chi connectivity index (χ0n) is 14.4. The molecule has 2 rings (SSSR count). The minimum absolute atomic E-state index is 0.00119. The van der Waals surface area contributed by atoms with Gasteiger partial charge in [-0.3, -0.25) is 9.59 Å². The molecule has 0 amide bonds. The number of likely N-dealkylation sites (tertiary alicyclic amines) is 1. The number of carbonyl (C=O) groups is 2. The van der Waals surface area contributed by atoms with Crippen LogP contribution < -0.4 is 0 Å². The van der Waals surface area contributed by atoms with Crippen LogP contribution in [0.1, 0.15) is 59.3 Å². The Bertz CT molecular complexity index is 492. The van der Waals surface area contributed by atoms with E-state index in [2.05, 4.69) is 18.9 Å². The third-order valence-electron chi connectivity index (χ3n) is 4.81. The van der Waals surface area contributed by atoms with Crippen LogP contribution in [0.2, 0.25) is 0 Å². The number of carbonyl (C=O) groups excluding carboxylic acids is 2. The number of ketones is 2. The molecule has 1 heterocycles. The van der Waals surface area contributed by atoms with Gasteiger partial charge in [0.1, 0.15) is 0 Å². The summed E-state index contributed by atoms with van der Waals surface area (Å²) in [7, 11) is 2.10. The Morgan fingerprint density at radius 3 is 2.41 bits per heavy atom. The lowest BCUT2D eigenvalue weighted by Gasteiger charge is -2.28. The summed E-state index contributed by atoms with van der Waals surface area (Å²) >= 11 is 0. The molecule has 2 fully saturated rings. The SMILES string of the molecule is CCCCC1C/C(=C\C=C2C(=O)CC(C)(C)CC2=O)N(C)C1. The van der Waals surface area contributed by atoms with Gasteiger partial charge in [0.2, 0.25) is 0 Å². The predicted octanol–water partition coefficient (Wildman–Crippen LogP) is 3.90. The van der Waals surface area contributed by atoms with Crippen LogP contribution in [-0.4, -0.2) is 30.1 Å². The summed E-state index contributed by atoms with van der Waals surface area (Å²) < 4.78 is 0. The van der Waals surface area contributed by atoms with Crippen molar-refractivity contribution in [3.63, 3.8) is 0 Å². The van der Waals surface area contributed by atoms with Crippen molar-refractivity contribution < 1.29 is 9.59 Å². The number of hydrogen-bond donors (Lipinski definition) is 0. The molecule has 22 heavy (non-hydrogen) atoms. The van der Waals surface area contributed by atoms with Gasteiger partial charge in [0.05, 0.1) is 5.57 Å². The van der Waals surface area contributed by atoms with Gasteiger partial charge in [-0.2, -0.15) is 0 Å². The number of rotatable bonds is 4. The summed E-state index contributed by atoms with van der Waals surface area (Å²) in [6.07, 6.45) is 9.56. The first-order valence-corrected chi connectivity index (χ1v) is 8.51. The molecule has 1 atom stereocenters. The lowest BCUT2D eigenvalue weighted by molar-refractivity contribution is -0.127. The summed E-state index contributed by atoms with van der Waals surface area (Å²) in [4.78, 5) is 26.6. The molecule has 0 spiro atoms. The van der Waals surface area contributed by atoms with Crippen LogP contribution in [0.15, 0.2) is 23.4 Å². The van der Waals surface area contributed by atoms with Gasteiger partial charge in [-0.1, -0.05) is 33.6 Å². The van der Waals surface area contributed by atoms with Crippen molar-refractivity contribution >= 4 is 11.6 Å². The van der Waals surface area contributed by atoms with E-state index < -0.39 is 0 Å². The van der Waals surface area contributed by atoms with Crippen molar-refractivity contribution in [3.05, 3.63) is 23.4 Å². The average molecular weight is 303 g/mol. The first kappa shape index (κ1) is 17.0. The summed E-state index contributed by atoms with van der Waals surface area (Å²) in [5.41, 5.74) is 1.46. The normalized spacial score (nSPS) is 26.9. The molecular weight excluding hydrogens is 274 g/mol. The summed E-state index contributed by atoms with van der Waals surface area (Å²) in [6.45, 7) is 7.29. The second-order valence-electron chi connectivity index (χ2n) is 7.70. The number of hydrogen-bond acceptors (Lipinski definition) is 3. The van der Waals surface area contributed by atoms with E-state index >= 15 is 0 Å². The molecule has 122 valence electrons. The van der Waals surface area contributed by atoms with Crippen molar-refractivity contribution in [3.8, 4) is 0 Å². The van der Waals surface area contributed by atoms with Crippen molar-refractivity contribution in [1.29, 1.82) is 0 Å². The fourth-order valence-electron chi connectivity index (χ4n) is 3.55. The Morgan fingerprint density at radius 1 is 1.18 bits per heavy atom. The highest BCUT2D eigenvalue weighted by atomic mass is 16.1. The Hall–Kier alpha value is -1.38. The molecule has 0 bridgehead atoms. The highest BCUT2D eigenvalue weighted by Crippen LogP contribution is 2.34. The zero-order valence-corrected chi connectivity index (χ0v) is 14.4. The van der Waals surface area contributed by atoms with E-state index in [9.17, 15) is 9.59 Å². The van der Waals surface area contributed by atoms with Crippen LogP contribution in [0, 0.1) is 11.3 Å². The van der Waals surface area contributed by atoms with E-state index in [0.29, 0.717) is 24.3 Å². The Labute approximate surface area is 134 Å². The van der Waals surface area contributed by atoms with Gasteiger partial charge in [0, 0.05) is 32.1 Å². The number of Topliss-reactive ketones (excluding diaryl/α,β-unsaturated/α-hetero) is 2. The largest absolute Gasteiger partial charge is 0.378 e. The van der Waals surface area contributed by atoms with E-state index in [1.165, 1.54) is 25.0 Å². The standard InChI is InChI=1S/C19H29NO2/c1-5-6-7-14-10-15(20(4)13-14)8-9-16-17(21)11-19(2,3)12-18(16)22/h8-9,14H,5-7,10-13H2,1-4H3/b15-8+. The average Bonchev–Trinajstić information content (AvgIpc) is 2.74. The number of allylic oxidation sites excluding steroid dienone is 4. The highest BCUT2D eigenvalue weighted by molar-refractivity contribution is 6.22. The minimum atomic E-state index is -0.186. The molecule has 1 aliphatic carbocycles. The van der Waals surface area contributed by atoms with Gasteiger partial charge in [-0.05, 0) is 36.3 Å². The van der Waals surface area contributed by atoms with Crippen LogP contribution in [-0.2, 0) is 9.59 Å². The fourth-order valence-corrected chi connectivity index (χ4v) is 3.55. The van der Waals surface area contributed by atoms with Gasteiger partial charge < -0.3 is 4.90 Å². The van der Waals surface area contributed by atoms with Crippen LogP contribution >= 0.6 is 0 Å². The van der Waals surface area contributed by atoms with Crippen LogP contribution in [0.3, 0.4) is 0 Å². The predicted molar refractivity (Wildman–Crippen MR) is 89.5 cm³/mol. The molecule has 0 aromatic carbocycles. The number of nitrogens with zero attached hydrogens (tertiary/aromatic N) is 1. The smallest absolute Gasteiger partial charge is 0.166 e. The topological polar surface area (TPSA) is 37.4 Å². The van der Waals surface area contributed by atoms with Gasteiger partial charge in [0.25, 0.3) is 0 Å². The molecule has 3 heteroatoms. The molecule has 2 aliphatic rings. The molecule has 1 aliphatic heterocycles. The quantitative estimate of drug-likeness (QED) is 0.584. The van der Waals surface area contributed by atoms with E-state index in [0.717, 1.165) is 13.0 Å². The third-order valence-corrected chi connectivity index (χ3v) is 4.81. The maximum Gasteiger partial charge on any atom is 0.166 e. The first-order valence-electron chi connectivity index (χ1n) is 8.51. The highest BCUT2D eigenvalue weighted by Gasteiger charge is 2.35. The van der Waals surface area contributed by atoms with Gasteiger partial charge in [-0.15, -0.1) is 0 Å². The lowest BCUT2D eigenvalue weighted by Crippen LogP contribution is -2.31. The molecule has 1 unspecified atom stereocenters. The molecule has 1 saturated carbocycles. The van der Waals surface area contributed by atoms with Gasteiger partial charge in [-0.25, -0.2) is 0 Å². The second-order valence-corrected chi connectivity index (χ2v) is 7.70. The maximum atomic E-state index is 12.2. The summed E-state index contributed by atoms with van der Waals surface area (Å²) in [5, 5.41) is 0. The van der Waals surface area contributed by atoms with Crippen molar-refractivity contribution in [2.45, 2.75) is 59.3 Å². The monoisotopic (exact) mass is 303 g/mol. The van der Waals surface area contributed by atoms with Crippen LogP contribution in [0.25, 0.3) is 0 Å². The molecule has 0 N–H and O–H groups in total. The van der Waals surface area contributed by atoms with E-state index in [1.807, 2.05) is 19.9 Å². The van der Waals surface area contributed by atoms with E-state index in [-0.39, 0.29) is 17.0 Å². The van der Waals surface area contributed by atoms with Crippen molar-refractivity contribution in [1.82, 2.24) is 4.90 Å². The third kappa shape index (κ3) is 4.08. The Balaban J connectivity index is 2.07. The Morgan fingerprint density at radius 2 is 1.82 bits per heavy atom. The van der Waals surface area contributed by atoms with E-state index in [4.69, 9.17) is 0 Å². The maximum absolute atomic E-state index is 12.2. The molecule has 1 saturated heterocycles. The molecule has 0 aromatic rings. The summed E-state index contributed by atoms with van der Waals surface area (Å²) in [5.74, 6) is 0.717. The summed E-state index contributed by atoms with van der Waals surface area (Å²) in [6, 6.07) is 0. The number of unbranched alkanes of at least 4 members (excludes halogenated alkanes) is 1. The minimum Gasteiger partial charge on any atom is -0.378 e. The van der Waals surface area contributed by atoms with Gasteiger partial charge >= 0.3 is 0 Å².